The second-order valence-corrected chi connectivity index (χ2v) is 8.98. The third-order valence-electron chi connectivity index (χ3n) is 4.40. The molecular weight excluding hydrogens is 446 g/mol. The molecule has 8 heteroatoms. The maximum absolute atomic E-state index is 13.0. The van der Waals surface area contributed by atoms with Crippen molar-refractivity contribution in [3.8, 4) is 0 Å². The van der Waals surface area contributed by atoms with Crippen molar-refractivity contribution in [1.82, 2.24) is 10.2 Å². The molecule has 2 rings (SSSR count). The van der Waals surface area contributed by atoms with Gasteiger partial charge in [-0.2, -0.15) is 0 Å². The van der Waals surface area contributed by atoms with E-state index in [4.69, 9.17) is 23.2 Å². The summed E-state index contributed by atoms with van der Waals surface area (Å²) in [6, 6.07) is 10.5. The number of thioether (sulfide) groups is 1. The Kier molecular flexibility index (Phi) is 9.46. The van der Waals surface area contributed by atoms with E-state index in [0.29, 0.717) is 21.4 Å². The van der Waals surface area contributed by atoms with Gasteiger partial charge in [0, 0.05) is 33.9 Å². The number of amides is 2. The number of carbonyl (C=O) groups is 2. The van der Waals surface area contributed by atoms with Crippen LogP contribution in [-0.2, 0) is 21.9 Å². The SMILES string of the molecule is CC(C)NC(=O)C(C)N(Cc1c(Cl)cccc1Cl)C(=O)CSCc1ccc(F)cc1. The zero-order chi connectivity index (χ0) is 22.3. The van der Waals surface area contributed by atoms with Crippen LogP contribution in [-0.4, -0.2) is 34.6 Å². The van der Waals surface area contributed by atoms with Crippen molar-refractivity contribution in [3.05, 3.63) is 69.5 Å². The lowest BCUT2D eigenvalue weighted by molar-refractivity contribution is -0.138. The molecule has 2 aromatic rings. The molecule has 4 nitrogen and oxygen atoms in total. The predicted octanol–water partition coefficient (Wildman–Crippen LogP) is 5.31. The summed E-state index contributed by atoms with van der Waals surface area (Å²) in [5, 5.41) is 3.72. The van der Waals surface area contributed by atoms with Crippen LogP contribution in [0.25, 0.3) is 0 Å². The smallest absolute Gasteiger partial charge is 0.242 e. The molecule has 2 aromatic carbocycles. The van der Waals surface area contributed by atoms with Crippen LogP contribution in [0.15, 0.2) is 42.5 Å². The summed E-state index contributed by atoms with van der Waals surface area (Å²) in [6.07, 6.45) is 0. The van der Waals surface area contributed by atoms with E-state index in [1.165, 1.54) is 28.8 Å². The molecule has 0 spiro atoms. The van der Waals surface area contributed by atoms with Crippen LogP contribution in [0, 0.1) is 5.82 Å². The van der Waals surface area contributed by atoms with Gasteiger partial charge in [0.25, 0.3) is 0 Å². The molecule has 30 heavy (non-hydrogen) atoms. The zero-order valence-corrected chi connectivity index (χ0v) is 19.5. The highest BCUT2D eigenvalue weighted by Gasteiger charge is 2.27. The summed E-state index contributed by atoms with van der Waals surface area (Å²) in [5.74, 6) is -0.0277. The molecule has 1 N–H and O–H groups in total. The number of hydrogen-bond acceptors (Lipinski definition) is 3. The number of nitrogens with one attached hydrogen (secondary N) is 1. The lowest BCUT2D eigenvalue weighted by atomic mass is 10.1. The molecule has 1 atom stereocenters. The summed E-state index contributed by atoms with van der Waals surface area (Å²) in [7, 11) is 0. The van der Waals surface area contributed by atoms with Crippen LogP contribution in [0.2, 0.25) is 10.0 Å². The van der Waals surface area contributed by atoms with Gasteiger partial charge in [-0.05, 0) is 50.6 Å². The molecular formula is C22H25Cl2FN2O2S. The molecule has 0 aromatic heterocycles. The zero-order valence-electron chi connectivity index (χ0n) is 17.1. The first-order valence-corrected chi connectivity index (χ1v) is 11.4. The Morgan fingerprint density at radius 1 is 1.07 bits per heavy atom. The Morgan fingerprint density at radius 2 is 1.67 bits per heavy atom. The molecule has 0 aliphatic rings. The standard InChI is InChI=1S/C22H25Cl2FN2O2S/c1-14(2)26-22(29)15(3)27(11-18-19(23)5-4-6-20(18)24)21(28)13-30-12-16-7-9-17(25)10-8-16/h4-10,14-15H,11-13H2,1-3H3,(H,26,29). The third-order valence-corrected chi connectivity index (χ3v) is 6.09. The Hall–Kier alpha value is -1.76. The van der Waals surface area contributed by atoms with Gasteiger partial charge in [0.05, 0.1) is 5.75 Å². The average Bonchev–Trinajstić information content (AvgIpc) is 2.68. The summed E-state index contributed by atoms with van der Waals surface area (Å²) in [4.78, 5) is 27.1. The molecule has 1 unspecified atom stereocenters. The van der Waals surface area contributed by atoms with E-state index in [1.54, 1.807) is 37.3 Å². The monoisotopic (exact) mass is 470 g/mol. The van der Waals surface area contributed by atoms with Crippen LogP contribution in [0.1, 0.15) is 31.9 Å². The quantitative estimate of drug-likeness (QED) is 0.540. The highest BCUT2D eigenvalue weighted by Crippen LogP contribution is 2.27. The van der Waals surface area contributed by atoms with E-state index < -0.39 is 6.04 Å². The van der Waals surface area contributed by atoms with Crippen LogP contribution < -0.4 is 5.32 Å². The molecule has 0 heterocycles. The van der Waals surface area contributed by atoms with Crippen molar-refractivity contribution in [1.29, 1.82) is 0 Å². The number of hydrogen-bond donors (Lipinski definition) is 1. The molecule has 0 saturated heterocycles. The Labute approximate surface area is 191 Å². The predicted molar refractivity (Wildman–Crippen MR) is 122 cm³/mol. The molecule has 2 amide bonds. The molecule has 0 saturated carbocycles. The molecule has 0 radical (unpaired) electrons. The average molecular weight is 471 g/mol. The Balaban J connectivity index is 2.13. The maximum Gasteiger partial charge on any atom is 0.242 e. The fourth-order valence-corrected chi connectivity index (χ4v) is 4.15. The third kappa shape index (κ3) is 7.18. The lowest BCUT2D eigenvalue weighted by Crippen LogP contribution is -2.49. The van der Waals surface area contributed by atoms with Crippen molar-refractivity contribution in [2.45, 2.75) is 45.2 Å². The Morgan fingerprint density at radius 3 is 2.23 bits per heavy atom. The van der Waals surface area contributed by atoms with Crippen molar-refractivity contribution < 1.29 is 14.0 Å². The fourth-order valence-electron chi connectivity index (χ4n) is 2.76. The number of halogens is 3. The van der Waals surface area contributed by atoms with E-state index in [0.717, 1.165) is 5.56 Å². The normalized spacial score (nSPS) is 12.0. The van der Waals surface area contributed by atoms with Crippen LogP contribution in [0.3, 0.4) is 0 Å². The lowest BCUT2D eigenvalue weighted by Gasteiger charge is -2.30. The van der Waals surface area contributed by atoms with Gasteiger partial charge in [-0.15, -0.1) is 11.8 Å². The van der Waals surface area contributed by atoms with Gasteiger partial charge >= 0.3 is 0 Å². The van der Waals surface area contributed by atoms with Gasteiger partial charge in [-0.3, -0.25) is 9.59 Å². The topological polar surface area (TPSA) is 49.4 Å². The minimum atomic E-state index is -0.696. The minimum Gasteiger partial charge on any atom is -0.352 e. The summed E-state index contributed by atoms with van der Waals surface area (Å²) in [6.45, 7) is 5.53. The van der Waals surface area contributed by atoms with Gasteiger partial charge in [-0.25, -0.2) is 4.39 Å². The fraction of sp³-hybridized carbons (Fsp3) is 0.364. The van der Waals surface area contributed by atoms with E-state index in [-0.39, 0.29) is 36.0 Å². The second-order valence-electron chi connectivity index (χ2n) is 7.18. The van der Waals surface area contributed by atoms with Crippen molar-refractivity contribution in [2.24, 2.45) is 0 Å². The summed E-state index contributed by atoms with van der Waals surface area (Å²) >= 11 is 14.0. The Bertz CT molecular complexity index is 858. The first-order chi connectivity index (χ1) is 14.2. The van der Waals surface area contributed by atoms with Gasteiger partial charge in [-0.1, -0.05) is 41.4 Å². The largest absolute Gasteiger partial charge is 0.352 e. The van der Waals surface area contributed by atoms with E-state index in [9.17, 15) is 14.0 Å². The van der Waals surface area contributed by atoms with Crippen molar-refractivity contribution >= 4 is 46.8 Å². The van der Waals surface area contributed by atoms with Gasteiger partial charge in [0.15, 0.2) is 0 Å². The van der Waals surface area contributed by atoms with Gasteiger partial charge in [0.2, 0.25) is 11.8 Å². The molecule has 0 aliphatic heterocycles. The second kappa shape index (κ2) is 11.6. The number of benzene rings is 2. The molecule has 0 bridgehead atoms. The number of rotatable bonds is 9. The van der Waals surface area contributed by atoms with Crippen molar-refractivity contribution in [3.63, 3.8) is 0 Å². The highest BCUT2D eigenvalue weighted by molar-refractivity contribution is 7.99. The first kappa shape index (κ1) is 24.5. The maximum atomic E-state index is 13.0. The molecule has 0 aliphatic carbocycles. The van der Waals surface area contributed by atoms with E-state index in [1.807, 2.05) is 13.8 Å². The van der Waals surface area contributed by atoms with Crippen LogP contribution >= 0.6 is 35.0 Å². The summed E-state index contributed by atoms with van der Waals surface area (Å²) in [5.41, 5.74) is 1.52. The number of nitrogens with zero attached hydrogens (tertiary/aromatic N) is 1. The molecule has 162 valence electrons. The number of carbonyl (C=O) groups excluding carboxylic acids is 2. The van der Waals surface area contributed by atoms with E-state index >= 15 is 0 Å². The minimum absolute atomic E-state index is 0.0475. The van der Waals surface area contributed by atoms with Crippen LogP contribution in [0.4, 0.5) is 4.39 Å². The highest BCUT2D eigenvalue weighted by atomic mass is 35.5. The van der Waals surface area contributed by atoms with Gasteiger partial charge in [0.1, 0.15) is 11.9 Å². The summed E-state index contributed by atoms with van der Waals surface area (Å²) < 4.78 is 13.0. The first-order valence-electron chi connectivity index (χ1n) is 9.54. The van der Waals surface area contributed by atoms with Crippen molar-refractivity contribution in [2.75, 3.05) is 5.75 Å². The van der Waals surface area contributed by atoms with E-state index in [2.05, 4.69) is 5.32 Å². The molecule has 0 fully saturated rings. The van der Waals surface area contributed by atoms with Crippen LogP contribution in [0.5, 0.6) is 0 Å². The van der Waals surface area contributed by atoms with Gasteiger partial charge < -0.3 is 10.2 Å².